The molecule has 5 heteroatoms. The van der Waals surface area contributed by atoms with Gasteiger partial charge in [-0.05, 0) is 36.7 Å². The number of rotatable bonds is 4. The number of hydrogen-bond acceptors (Lipinski definition) is 2. The largest absolute Gasteiger partial charge is 0.462 e. The first-order valence-corrected chi connectivity index (χ1v) is 4.76. The van der Waals surface area contributed by atoms with Crippen molar-refractivity contribution < 1.29 is 18.3 Å². The van der Waals surface area contributed by atoms with Crippen LogP contribution in [0.1, 0.15) is 20.8 Å². The second kappa shape index (κ2) is 4.38. The van der Waals surface area contributed by atoms with Crippen LogP contribution in [0, 0.1) is 5.41 Å². The van der Waals surface area contributed by atoms with Gasteiger partial charge in [-0.15, -0.1) is 0 Å². The summed E-state index contributed by atoms with van der Waals surface area (Å²) in [6, 6.07) is 0. The van der Waals surface area contributed by atoms with Gasteiger partial charge in [0.25, 0.3) is 0 Å². The Hall–Kier alpha value is -0.450. The molecule has 0 bridgehead atoms. The van der Waals surface area contributed by atoms with Crippen molar-refractivity contribution in [2.75, 3.05) is 6.61 Å². The van der Waals surface area contributed by atoms with Gasteiger partial charge in [0, 0.05) is 5.57 Å². The fraction of sp³-hybridized carbons (Fsp3) is 0.667. The molecule has 0 radical (unpaired) electrons. The Morgan fingerprint density at radius 1 is 1.50 bits per heavy atom. The van der Waals surface area contributed by atoms with Crippen LogP contribution in [0.5, 0.6) is 0 Å². The van der Waals surface area contributed by atoms with Gasteiger partial charge in [0.2, 0.25) is 0 Å². The molecular weight excluding hydrogens is 258 g/mol. The Bertz CT molecular complexity index is 244. The Morgan fingerprint density at radius 3 is 2.21 bits per heavy atom. The van der Waals surface area contributed by atoms with Crippen LogP contribution in [0.4, 0.5) is 8.78 Å². The molecule has 0 saturated heterocycles. The highest BCUT2D eigenvalue weighted by Crippen LogP contribution is 2.41. The van der Waals surface area contributed by atoms with Crippen LogP contribution in [0.15, 0.2) is 12.2 Å². The smallest absolute Gasteiger partial charge is 0.333 e. The summed E-state index contributed by atoms with van der Waals surface area (Å²) >= 11 is 2.24. The van der Waals surface area contributed by atoms with Crippen molar-refractivity contribution in [1.82, 2.24) is 0 Å². The third-order valence-electron chi connectivity index (χ3n) is 1.68. The number of esters is 1. The summed E-state index contributed by atoms with van der Waals surface area (Å²) in [5.41, 5.74) is -1.25. The van der Waals surface area contributed by atoms with Gasteiger partial charge in [-0.1, -0.05) is 6.58 Å². The third-order valence-corrected chi connectivity index (χ3v) is 2.75. The molecule has 0 atom stereocenters. The van der Waals surface area contributed by atoms with Crippen LogP contribution in [-0.4, -0.2) is 17.4 Å². The molecule has 0 fully saturated rings. The zero-order valence-electron chi connectivity index (χ0n) is 8.36. The van der Waals surface area contributed by atoms with Crippen LogP contribution in [-0.2, 0) is 9.53 Å². The van der Waals surface area contributed by atoms with E-state index in [1.165, 1.54) is 20.8 Å². The molecule has 0 aliphatic rings. The number of alkyl halides is 3. The van der Waals surface area contributed by atoms with Crippen molar-refractivity contribution in [2.45, 2.75) is 25.6 Å². The fourth-order valence-electron chi connectivity index (χ4n) is 0.451. The molecule has 14 heavy (non-hydrogen) atoms. The minimum Gasteiger partial charge on any atom is -0.462 e. The van der Waals surface area contributed by atoms with E-state index in [2.05, 4.69) is 27.2 Å². The van der Waals surface area contributed by atoms with E-state index >= 15 is 0 Å². The number of carbonyl (C=O) groups is 1. The van der Waals surface area contributed by atoms with Crippen LogP contribution < -0.4 is 0 Å². The Balaban J connectivity index is 4.27. The van der Waals surface area contributed by atoms with Crippen LogP contribution in [0.3, 0.4) is 0 Å². The lowest BCUT2D eigenvalue weighted by atomic mass is 9.96. The van der Waals surface area contributed by atoms with Crippen molar-refractivity contribution in [2.24, 2.45) is 5.41 Å². The van der Waals surface area contributed by atoms with Gasteiger partial charge in [0.05, 0.1) is 5.41 Å². The fourth-order valence-corrected chi connectivity index (χ4v) is 0.565. The molecule has 2 nitrogen and oxygen atoms in total. The van der Waals surface area contributed by atoms with Crippen molar-refractivity contribution in [3.8, 4) is 0 Å². The molecule has 0 unspecified atom stereocenters. The second-order valence-corrected chi connectivity index (χ2v) is 4.73. The Morgan fingerprint density at radius 2 is 1.93 bits per heavy atom. The molecular formula is C9H13BrF2O2. The molecule has 0 aromatic rings. The maximum Gasteiger partial charge on any atom is 0.333 e. The molecule has 0 aliphatic heterocycles. The normalized spacial score (nSPS) is 12.4. The van der Waals surface area contributed by atoms with Gasteiger partial charge in [0.1, 0.15) is 6.61 Å². The van der Waals surface area contributed by atoms with E-state index in [1.54, 1.807) is 0 Å². The summed E-state index contributed by atoms with van der Waals surface area (Å²) in [4.78, 5) is 7.86. The van der Waals surface area contributed by atoms with E-state index in [0.717, 1.165) is 0 Å². The van der Waals surface area contributed by atoms with Gasteiger partial charge >= 0.3 is 10.8 Å². The molecule has 0 aromatic carbocycles. The van der Waals surface area contributed by atoms with Crippen molar-refractivity contribution in [3.05, 3.63) is 12.2 Å². The minimum atomic E-state index is -3.07. The van der Waals surface area contributed by atoms with Crippen LogP contribution >= 0.6 is 15.9 Å². The van der Waals surface area contributed by atoms with Crippen LogP contribution in [0.25, 0.3) is 0 Å². The van der Waals surface area contributed by atoms with E-state index in [9.17, 15) is 13.6 Å². The Labute approximate surface area is 90.4 Å². The van der Waals surface area contributed by atoms with E-state index in [4.69, 9.17) is 0 Å². The molecule has 0 aromatic heterocycles. The summed E-state index contributed by atoms with van der Waals surface area (Å²) in [7, 11) is 0. The van der Waals surface area contributed by atoms with Gasteiger partial charge in [0.15, 0.2) is 0 Å². The molecule has 0 rings (SSSR count). The zero-order chi connectivity index (χ0) is 11.6. The standard InChI is InChI=1S/C9H13BrF2O2/c1-6(2)7(13)14-5-8(3,4)9(10,11)12/h1,5H2,2-4H3. The molecule has 0 aliphatic carbocycles. The number of carbonyl (C=O) groups excluding carboxylic acids is 1. The highest BCUT2D eigenvalue weighted by molar-refractivity contribution is 9.10. The maximum absolute atomic E-state index is 12.9. The summed E-state index contributed by atoms with van der Waals surface area (Å²) in [5, 5.41) is 0. The lowest BCUT2D eigenvalue weighted by molar-refractivity contribution is -0.146. The average molecular weight is 271 g/mol. The summed E-state index contributed by atoms with van der Waals surface area (Å²) in [6.07, 6.45) is 0. The number of hydrogen-bond donors (Lipinski definition) is 0. The Kier molecular flexibility index (Phi) is 4.24. The quantitative estimate of drug-likeness (QED) is 0.446. The monoisotopic (exact) mass is 270 g/mol. The predicted molar refractivity (Wildman–Crippen MR) is 53.4 cm³/mol. The van der Waals surface area contributed by atoms with Gasteiger partial charge in [-0.2, -0.15) is 8.78 Å². The lowest BCUT2D eigenvalue weighted by Crippen LogP contribution is -2.36. The lowest BCUT2D eigenvalue weighted by Gasteiger charge is -2.28. The predicted octanol–water partition coefficient (Wildman–Crippen LogP) is 3.12. The highest BCUT2D eigenvalue weighted by atomic mass is 79.9. The van der Waals surface area contributed by atoms with Crippen LogP contribution in [0.2, 0.25) is 0 Å². The average Bonchev–Trinajstić information content (AvgIpc) is 1.97. The maximum atomic E-state index is 12.9. The number of halogens is 3. The topological polar surface area (TPSA) is 26.3 Å². The molecule has 0 amide bonds. The molecule has 0 heterocycles. The highest BCUT2D eigenvalue weighted by Gasteiger charge is 2.45. The zero-order valence-corrected chi connectivity index (χ0v) is 9.95. The summed E-state index contributed by atoms with van der Waals surface area (Å²) < 4.78 is 30.4. The van der Waals surface area contributed by atoms with E-state index in [0.29, 0.717) is 0 Å². The SMILES string of the molecule is C=C(C)C(=O)OCC(C)(C)C(F)(F)Br. The van der Waals surface area contributed by atoms with Crippen molar-refractivity contribution >= 4 is 21.9 Å². The first kappa shape index (κ1) is 13.5. The van der Waals surface area contributed by atoms with E-state index < -0.39 is 16.2 Å². The summed E-state index contributed by atoms with van der Waals surface area (Å²) in [6.45, 7) is 7.04. The molecule has 0 N–H and O–H groups in total. The minimum absolute atomic E-state index is 0.193. The second-order valence-electron chi connectivity index (χ2n) is 3.74. The molecule has 0 saturated carbocycles. The van der Waals surface area contributed by atoms with E-state index in [1.807, 2.05) is 0 Å². The third kappa shape index (κ3) is 3.74. The molecule has 82 valence electrons. The number of ether oxygens (including phenoxy) is 1. The van der Waals surface area contributed by atoms with E-state index in [-0.39, 0.29) is 12.2 Å². The summed E-state index contributed by atoms with van der Waals surface area (Å²) in [5.74, 6) is -0.658. The molecule has 0 spiro atoms. The van der Waals surface area contributed by atoms with Crippen molar-refractivity contribution in [3.63, 3.8) is 0 Å². The van der Waals surface area contributed by atoms with Gasteiger partial charge in [-0.25, -0.2) is 4.79 Å². The first-order valence-electron chi connectivity index (χ1n) is 3.97. The van der Waals surface area contributed by atoms with Gasteiger partial charge < -0.3 is 4.74 Å². The first-order chi connectivity index (χ1) is 6.08. The van der Waals surface area contributed by atoms with Crippen molar-refractivity contribution in [1.29, 1.82) is 0 Å². The van der Waals surface area contributed by atoms with Gasteiger partial charge in [-0.3, -0.25) is 0 Å².